The highest BCUT2D eigenvalue weighted by Gasteiger charge is 2.52. The van der Waals surface area contributed by atoms with Crippen LogP contribution in [0.1, 0.15) is 31.1 Å². The quantitative estimate of drug-likeness (QED) is 0.463. The van der Waals surface area contributed by atoms with Gasteiger partial charge in [0, 0.05) is 27.9 Å². The molecule has 0 radical (unpaired) electrons. The van der Waals surface area contributed by atoms with Crippen molar-refractivity contribution in [1.82, 2.24) is 0 Å². The fourth-order valence-electron chi connectivity index (χ4n) is 2.99. The van der Waals surface area contributed by atoms with Crippen LogP contribution in [-0.2, 0) is 42.8 Å². The van der Waals surface area contributed by atoms with Crippen LogP contribution in [0, 0.1) is 0 Å². The Kier molecular flexibility index (Phi) is 8.31. The third-order valence-electron chi connectivity index (χ3n) is 4.12. The molecule has 0 spiro atoms. The molecule has 1 aliphatic heterocycles. The number of hydrogen-bond donors (Lipinski definition) is 0. The molecule has 0 aliphatic carbocycles. The van der Waals surface area contributed by atoms with E-state index in [0.717, 1.165) is 20.8 Å². The van der Waals surface area contributed by atoms with Crippen molar-refractivity contribution in [1.29, 1.82) is 0 Å². The van der Waals surface area contributed by atoms with Gasteiger partial charge in [0.05, 0.1) is 5.56 Å². The van der Waals surface area contributed by atoms with Gasteiger partial charge in [-0.1, -0.05) is 18.2 Å². The number of benzene rings is 1. The predicted octanol–water partition coefficient (Wildman–Crippen LogP) is 1.01. The van der Waals surface area contributed by atoms with Gasteiger partial charge < -0.3 is 28.4 Å². The molecule has 10 nitrogen and oxygen atoms in total. The molecule has 164 valence electrons. The molecule has 1 fully saturated rings. The lowest BCUT2D eigenvalue weighted by Crippen LogP contribution is -2.62. The van der Waals surface area contributed by atoms with Crippen LogP contribution in [0.2, 0.25) is 0 Å². The highest BCUT2D eigenvalue weighted by Crippen LogP contribution is 2.29. The average molecular weight is 424 g/mol. The summed E-state index contributed by atoms with van der Waals surface area (Å²) in [5.41, 5.74) is 0.315. The van der Waals surface area contributed by atoms with Gasteiger partial charge in [-0.3, -0.25) is 14.4 Å². The number of carbonyl (C=O) groups is 4. The molecule has 1 aliphatic rings. The normalized spacial score (nSPS) is 25.7. The first-order valence-electron chi connectivity index (χ1n) is 9.15. The smallest absolute Gasteiger partial charge is 0.338 e. The number of esters is 4. The van der Waals surface area contributed by atoms with E-state index in [9.17, 15) is 19.2 Å². The van der Waals surface area contributed by atoms with Crippen molar-refractivity contribution in [2.24, 2.45) is 0 Å². The summed E-state index contributed by atoms with van der Waals surface area (Å²) in [6.45, 7) is 3.13. The van der Waals surface area contributed by atoms with Crippen LogP contribution in [0.3, 0.4) is 0 Å². The van der Waals surface area contributed by atoms with E-state index in [-0.39, 0.29) is 6.61 Å². The predicted molar refractivity (Wildman–Crippen MR) is 99.1 cm³/mol. The van der Waals surface area contributed by atoms with E-state index in [1.54, 1.807) is 30.3 Å². The van der Waals surface area contributed by atoms with Gasteiger partial charge in [-0.25, -0.2) is 4.79 Å². The van der Waals surface area contributed by atoms with Crippen LogP contribution in [-0.4, -0.2) is 68.3 Å². The van der Waals surface area contributed by atoms with E-state index in [2.05, 4.69) is 0 Å². The lowest BCUT2D eigenvalue weighted by Gasteiger charge is -2.43. The molecule has 0 aromatic heterocycles. The minimum absolute atomic E-state index is 0.315. The van der Waals surface area contributed by atoms with E-state index in [1.807, 2.05) is 0 Å². The van der Waals surface area contributed by atoms with Gasteiger partial charge in [-0.05, 0) is 12.1 Å². The maximum absolute atomic E-state index is 12.3. The zero-order valence-electron chi connectivity index (χ0n) is 17.1. The minimum atomic E-state index is -1.24. The standard InChI is InChI=1S/C20H24O10/c1-11(21)27-16-15(10-26-19(24)14-8-6-5-7-9-14)30-20(25-4)18(29-13(3)23)17(16)28-12(2)22/h5-9,15-18,20H,10H2,1-4H3/t15-,16-,17+,18-,20+/m1/s1. The summed E-state index contributed by atoms with van der Waals surface area (Å²) in [6, 6.07) is 8.25. The first-order chi connectivity index (χ1) is 14.2. The second kappa shape index (κ2) is 10.7. The van der Waals surface area contributed by atoms with Crippen molar-refractivity contribution in [2.45, 2.75) is 51.5 Å². The molecule has 30 heavy (non-hydrogen) atoms. The van der Waals surface area contributed by atoms with Crippen LogP contribution in [0.25, 0.3) is 0 Å². The number of rotatable bonds is 7. The Bertz CT molecular complexity index is 762. The fourth-order valence-corrected chi connectivity index (χ4v) is 2.99. The molecule has 0 unspecified atom stereocenters. The maximum Gasteiger partial charge on any atom is 0.338 e. The largest absolute Gasteiger partial charge is 0.459 e. The van der Waals surface area contributed by atoms with Crippen LogP contribution >= 0.6 is 0 Å². The Balaban J connectivity index is 2.27. The average Bonchev–Trinajstić information content (AvgIpc) is 2.69. The SMILES string of the molecule is CO[C@H]1O[C@H](COC(=O)c2ccccc2)[C@@H](OC(C)=O)[C@H](OC(C)=O)[C@H]1OC(C)=O. The topological polar surface area (TPSA) is 124 Å². The summed E-state index contributed by atoms with van der Waals surface area (Å²) in [5, 5.41) is 0. The third-order valence-corrected chi connectivity index (χ3v) is 4.12. The number of ether oxygens (including phenoxy) is 6. The Labute approximate surface area is 173 Å². The molecule has 0 saturated carbocycles. The molecule has 0 amide bonds. The fraction of sp³-hybridized carbons (Fsp3) is 0.500. The molecular weight excluding hydrogens is 400 g/mol. The van der Waals surface area contributed by atoms with Crippen LogP contribution < -0.4 is 0 Å². The summed E-state index contributed by atoms with van der Waals surface area (Å²) >= 11 is 0. The molecule has 1 aromatic carbocycles. The van der Waals surface area contributed by atoms with Gasteiger partial charge in [-0.2, -0.15) is 0 Å². The van der Waals surface area contributed by atoms with Gasteiger partial charge in [0.2, 0.25) is 0 Å². The molecule has 1 aromatic rings. The Hall–Kier alpha value is -2.98. The van der Waals surface area contributed by atoms with E-state index in [0.29, 0.717) is 5.56 Å². The van der Waals surface area contributed by atoms with Crippen molar-refractivity contribution in [3.8, 4) is 0 Å². The van der Waals surface area contributed by atoms with Crippen LogP contribution in [0.15, 0.2) is 30.3 Å². The Morgan fingerprint density at radius 2 is 1.37 bits per heavy atom. The van der Waals surface area contributed by atoms with E-state index >= 15 is 0 Å². The zero-order chi connectivity index (χ0) is 22.3. The summed E-state index contributed by atoms with van der Waals surface area (Å²) in [5.74, 6) is -2.71. The number of carbonyl (C=O) groups excluding carboxylic acids is 4. The molecule has 0 bridgehead atoms. The van der Waals surface area contributed by atoms with Gasteiger partial charge in [-0.15, -0.1) is 0 Å². The molecule has 5 atom stereocenters. The van der Waals surface area contributed by atoms with Gasteiger partial charge >= 0.3 is 23.9 Å². The van der Waals surface area contributed by atoms with Crippen LogP contribution in [0.4, 0.5) is 0 Å². The van der Waals surface area contributed by atoms with Crippen LogP contribution in [0.5, 0.6) is 0 Å². The van der Waals surface area contributed by atoms with Crippen molar-refractivity contribution in [3.63, 3.8) is 0 Å². The maximum atomic E-state index is 12.3. The molecule has 2 rings (SSSR count). The van der Waals surface area contributed by atoms with Gasteiger partial charge in [0.15, 0.2) is 24.6 Å². The Morgan fingerprint density at radius 3 is 1.90 bits per heavy atom. The first-order valence-corrected chi connectivity index (χ1v) is 9.15. The minimum Gasteiger partial charge on any atom is -0.459 e. The Morgan fingerprint density at radius 1 is 0.833 bits per heavy atom. The summed E-state index contributed by atoms with van der Waals surface area (Å²) in [6.07, 6.45) is -5.88. The first kappa shape index (κ1) is 23.3. The van der Waals surface area contributed by atoms with Gasteiger partial charge in [0.1, 0.15) is 12.7 Å². The molecule has 10 heteroatoms. The van der Waals surface area contributed by atoms with E-state index in [1.165, 1.54) is 7.11 Å². The second-order valence-electron chi connectivity index (χ2n) is 6.47. The third kappa shape index (κ3) is 6.26. The molecule has 0 N–H and O–H groups in total. The second-order valence-corrected chi connectivity index (χ2v) is 6.47. The highest BCUT2D eigenvalue weighted by atomic mass is 16.7. The summed E-state index contributed by atoms with van der Waals surface area (Å²) in [4.78, 5) is 47.1. The molecule has 1 saturated heterocycles. The van der Waals surface area contributed by atoms with E-state index < -0.39 is 54.6 Å². The molecular formula is C20H24O10. The number of hydrogen-bond acceptors (Lipinski definition) is 10. The summed E-state index contributed by atoms with van der Waals surface area (Å²) < 4.78 is 32.0. The zero-order valence-corrected chi connectivity index (χ0v) is 17.1. The lowest BCUT2D eigenvalue weighted by atomic mass is 9.98. The van der Waals surface area contributed by atoms with Crippen molar-refractivity contribution >= 4 is 23.9 Å². The van der Waals surface area contributed by atoms with E-state index in [4.69, 9.17) is 28.4 Å². The van der Waals surface area contributed by atoms with Crippen molar-refractivity contribution < 1.29 is 47.6 Å². The van der Waals surface area contributed by atoms with Crippen molar-refractivity contribution in [2.75, 3.05) is 13.7 Å². The van der Waals surface area contributed by atoms with Gasteiger partial charge in [0.25, 0.3) is 0 Å². The lowest BCUT2D eigenvalue weighted by molar-refractivity contribution is -0.301. The summed E-state index contributed by atoms with van der Waals surface area (Å²) in [7, 11) is 1.30. The van der Waals surface area contributed by atoms with Crippen molar-refractivity contribution in [3.05, 3.63) is 35.9 Å². The molecule has 1 heterocycles. The number of methoxy groups -OCH3 is 1. The monoisotopic (exact) mass is 424 g/mol. The highest BCUT2D eigenvalue weighted by molar-refractivity contribution is 5.89.